The van der Waals surface area contributed by atoms with Gasteiger partial charge in [-0.15, -0.1) is 0 Å². The summed E-state index contributed by atoms with van der Waals surface area (Å²) in [4.78, 5) is 65.8. The molecule has 0 saturated heterocycles. The molecule has 1 aromatic carbocycles. The zero-order valence-corrected chi connectivity index (χ0v) is 30.5. The average Bonchev–Trinajstić information content (AvgIpc) is 3.23. The van der Waals surface area contributed by atoms with Crippen molar-refractivity contribution in [2.24, 2.45) is 23.2 Å². The number of hydrogen-bond donors (Lipinski definition) is 2. The summed E-state index contributed by atoms with van der Waals surface area (Å²) in [5, 5.41) is 24.5. The molecule has 12 heteroatoms. The van der Waals surface area contributed by atoms with Crippen LogP contribution in [0, 0.1) is 23.2 Å². The summed E-state index contributed by atoms with van der Waals surface area (Å²) in [5.41, 5.74) is -5.27. The van der Waals surface area contributed by atoms with E-state index in [0.717, 1.165) is 13.8 Å². The van der Waals surface area contributed by atoms with Crippen LogP contribution in [0.4, 0.5) is 0 Å². The summed E-state index contributed by atoms with van der Waals surface area (Å²) in [6.45, 7) is 18.0. The van der Waals surface area contributed by atoms with Crippen LogP contribution in [0.3, 0.4) is 0 Å². The Morgan fingerprint density at radius 1 is 0.960 bits per heavy atom. The van der Waals surface area contributed by atoms with Gasteiger partial charge < -0.3 is 33.9 Å². The van der Waals surface area contributed by atoms with E-state index in [-0.39, 0.29) is 23.7 Å². The van der Waals surface area contributed by atoms with E-state index in [1.165, 1.54) is 32.1 Å². The van der Waals surface area contributed by atoms with Gasteiger partial charge in [-0.1, -0.05) is 78.0 Å². The molecule has 276 valence electrons. The number of aliphatic hydroxyl groups excluding tert-OH is 1. The third-order valence-corrected chi connectivity index (χ3v) is 9.65. The molecule has 10 atom stereocenters. The number of Topliss-reactive ketones (excluding diaryl/α,β-unsaturated/α-hetero) is 1. The van der Waals surface area contributed by atoms with Crippen LogP contribution in [-0.4, -0.2) is 88.2 Å². The Bertz CT molecular complexity index is 1470. The minimum absolute atomic E-state index is 0.0455. The second-order valence-corrected chi connectivity index (χ2v) is 14.4. The molecule has 12 nitrogen and oxygen atoms in total. The van der Waals surface area contributed by atoms with Gasteiger partial charge in [-0.25, -0.2) is 4.79 Å². The van der Waals surface area contributed by atoms with Crippen LogP contribution in [0.25, 0.3) is 0 Å². The highest BCUT2D eigenvalue weighted by molar-refractivity contribution is 5.92. The first-order chi connectivity index (χ1) is 23.2. The van der Waals surface area contributed by atoms with Crippen molar-refractivity contribution in [2.45, 2.75) is 117 Å². The molecule has 0 bridgehead atoms. The second-order valence-electron chi connectivity index (χ2n) is 14.4. The molecule has 2 N–H and O–H groups in total. The monoisotopic (exact) mass is 700 g/mol. The predicted octanol–water partition coefficient (Wildman–Crippen LogP) is 4.30. The maximum Gasteiger partial charge on any atom is 0.338 e. The van der Waals surface area contributed by atoms with Crippen LogP contribution in [0.2, 0.25) is 0 Å². The zero-order valence-electron chi connectivity index (χ0n) is 30.5. The highest BCUT2D eigenvalue weighted by atomic mass is 16.6. The summed E-state index contributed by atoms with van der Waals surface area (Å²) in [6, 6.07) is 7.98. The summed E-state index contributed by atoms with van der Waals surface area (Å²) in [7, 11) is 0. The standard InChI is InChI=1S/C38H52O12/c1-11-21(2)19-46-29-23(4)30(49-35(44)27-15-13-12-14-16-27)31(47-24(5)39)34(48-25(6)40)36(8,9)18-17-22(3)32(42)38(45)20-37(10,50-26(7)41)33(43)28(29)38/h12-18,21-22,28-31,33-34,43,45H,4,11,19-20H2,1-3,5-10H3/b18-17+/t21?,22-,28-,29-,30-,31+,33+,34+,37+,38+/m0/s1. The number of rotatable bonds is 9. The summed E-state index contributed by atoms with van der Waals surface area (Å²) in [5.74, 6) is -6.40. The van der Waals surface area contributed by atoms with E-state index in [2.05, 4.69) is 6.58 Å². The van der Waals surface area contributed by atoms with Gasteiger partial charge in [0.15, 0.2) is 24.1 Å². The number of carbonyl (C=O) groups excluding carboxylic acids is 5. The van der Waals surface area contributed by atoms with Crippen LogP contribution < -0.4 is 0 Å². The first kappa shape index (κ1) is 40.6. The molecule has 3 rings (SSSR count). The fourth-order valence-corrected chi connectivity index (χ4v) is 6.86. The molecule has 1 saturated carbocycles. The Morgan fingerprint density at radius 2 is 1.56 bits per heavy atom. The number of benzene rings is 1. The fraction of sp³-hybridized carbons (Fsp3) is 0.605. The molecule has 2 aliphatic carbocycles. The molecule has 0 heterocycles. The maximum atomic E-state index is 14.4. The molecule has 0 radical (unpaired) electrons. The van der Waals surface area contributed by atoms with E-state index in [1.807, 2.05) is 13.8 Å². The molecule has 0 aromatic heterocycles. The van der Waals surface area contributed by atoms with E-state index in [4.69, 9.17) is 23.7 Å². The fourth-order valence-electron chi connectivity index (χ4n) is 6.86. The van der Waals surface area contributed by atoms with Gasteiger partial charge in [-0.3, -0.25) is 19.2 Å². The minimum atomic E-state index is -2.36. The van der Waals surface area contributed by atoms with Gasteiger partial charge in [-0.05, 0) is 30.5 Å². The Balaban J connectivity index is 2.43. The molecule has 0 aliphatic heterocycles. The predicted molar refractivity (Wildman–Crippen MR) is 181 cm³/mol. The van der Waals surface area contributed by atoms with Crippen LogP contribution >= 0.6 is 0 Å². The first-order valence-electron chi connectivity index (χ1n) is 16.9. The smallest absolute Gasteiger partial charge is 0.338 e. The Labute approximate surface area is 294 Å². The third kappa shape index (κ3) is 8.88. The van der Waals surface area contributed by atoms with Gasteiger partial charge in [-0.2, -0.15) is 0 Å². The molecule has 1 aromatic rings. The van der Waals surface area contributed by atoms with E-state index in [1.54, 1.807) is 45.0 Å². The number of aliphatic hydroxyl groups is 2. The number of hydrogen-bond acceptors (Lipinski definition) is 12. The number of esters is 4. The quantitative estimate of drug-likeness (QED) is 0.213. The van der Waals surface area contributed by atoms with E-state index in [0.29, 0.717) is 6.42 Å². The Kier molecular flexibility index (Phi) is 13.0. The Morgan fingerprint density at radius 3 is 2.10 bits per heavy atom. The van der Waals surface area contributed by atoms with Crippen molar-refractivity contribution in [1.29, 1.82) is 0 Å². The van der Waals surface area contributed by atoms with E-state index >= 15 is 0 Å². The van der Waals surface area contributed by atoms with E-state index < -0.39 is 95.1 Å². The van der Waals surface area contributed by atoms with Gasteiger partial charge in [0.1, 0.15) is 17.3 Å². The minimum Gasteiger partial charge on any atom is -0.458 e. The lowest BCUT2D eigenvalue weighted by atomic mass is 9.72. The van der Waals surface area contributed by atoms with Crippen molar-refractivity contribution in [3.8, 4) is 0 Å². The van der Waals surface area contributed by atoms with Crippen molar-refractivity contribution in [1.82, 2.24) is 0 Å². The summed E-state index contributed by atoms with van der Waals surface area (Å²) < 4.78 is 29.8. The lowest BCUT2D eigenvalue weighted by molar-refractivity contribution is -0.184. The summed E-state index contributed by atoms with van der Waals surface area (Å²) >= 11 is 0. The topological polar surface area (TPSA) is 172 Å². The average molecular weight is 701 g/mol. The largest absolute Gasteiger partial charge is 0.458 e. The van der Waals surface area contributed by atoms with Crippen LogP contribution in [0.5, 0.6) is 0 Å². The van der Waals surface area contributed by atoms with Crippen molar-refractivity contribution >= 4 is 29.7 Å². The van der Waals surface area contributed by atoms with Crippen LogP contribution in [0.1, 0.15) is 85.5 Å². The molecule has 0 amide bonds. The SMILES string of the molecule is C=C1[C@H](OC(=O)c2ccccc2)[C@@H](OC(C)=O)[C@@H](OC(C)=O)C(C)(C)/C=C/[C@H](C)C(=O)[C@@]2(O)C[C@@](C)(OC(C)=O)[C@H](O)[C@@H]2[C@H]1OCC(C)CC. The molecule has 1 unspecified atom stereocenters. The number of carbonyl (C=O) groups is 5. The van der Waals surface area contributed by atoms with Crippen molar-refractivity contribution in [2.75, 3.05) is 6.61 Å². The van der Waals surface area contributed by atoms with Crippen LogP contribution in [0.15, 0.2) is 54.6 Å². The van der Waals surface area contributed by atoms with Gasteiger partial charge >= 0.3 is 23.9 Å². The first-order valence-corrected chi connectivity index (χ1v) is 16.9. The molecular formula is C38H52O12. The normalized spacial score (nSPS) is 33.9. The van der Waals surface area contributed by atoms with Crippen LogP contribution in [-0.2, 0) is 42.9 Å². The molecular weight excluding hydrogens is 648 g/mol. The highest BCUT2D eigenvalue weighted by Gasteiger charge is 2.67. The van der Waals surface area contributed by atoms with Gasteiger partial charge in [0, 0.05) is 45.1 Å². The lowest BCUT2D eigenvalue weighted by Gasteiger charge is -2.44. The second kappa shape index (κ2) is 16.0. The van der Waals surface area contributed by atoms with Gasteiger partial charge in [0.25, 0.3) is 0 Å². The third-order valence-electron chi connectivity index (χ3n) is 9.65. The van der Waals surface area contributed by atoms with Crippen molar-refractivity contribution in [3.63, 3.8) is 0 Å². The number of allylic oxidation sites excluding steroid dienone is 1. The van der Waals surface area contributed by atoms with Crippen molar-refractivity contribution < 1.29 is 57.9 Å². The lowest BCUT2D eigenvalue weighted by Crippen LogP contribution is -2.57. The van der Waals surface area contributed by atoms with Gasteiger partial charge in [0.05, 0.1) is 17.6 Å². The Hall–Kier alpha value is -3.87. The number of ether oxygens (including phenoxy) is 5. The molecule has 2 aliphatic rings. The molecule has 1 fully saturated rings. The maximum absolute atomic E-state index is 14.4. The van der Waals surface area contributed by atoms with Crippen molar-refractivity contribution in [3.05, 3.63) is 60.2 Å². The molecule has 50 heavy (non-hydrogen) atoms. The van der Waals surface area contributed by atoms with E-state index in [9.17, 15) is 34.2 Å². The summed E-state index contributed by atoms with van der Waals surface area (Å²) in [6.07, 6.45) is -4.35. The molecule has 0 spiro atoms. The number of ketones is 1. The number of fused-ring (bicyclic) bond motifs is 1. The highest BCUT2D eigenvalue weighted by Crippen LogP contribution is 2.51. The zero-order chi connectivity index (χ0) is 37.8. The van der Waals surface area contributed by atoms with Gasteiger partial charge in [0.2, 0.25) is 0 Å².